The fraction of sp³-hybridized carbons (Fsp3) is 0.240. The van der Waals surface area contributed by atoms with Crippen LogP contribution in [0.15, 0.2) is 64.8 Å². The van der Waals surface area contributed by atoms with Crippen molar-refractivity contribution in [3.8, 4) is 11.1 Å². The van der Waals surface area contributed by atoms with Gasteiger partial charge in [0, 0.05) is 30.3 Å². The van der Waals surface area contributed by atoms with Crippen molar-refractivity contribution < 1.29 is 4.79 Å². The highest BCUT2D eigenvalue weighted by molar-refractivity contribution is 7.17. The summed E-state index contributed by atoms with van der Waals surface area (Å²) in [7, 11) is 0. The molecule has 30 heavy (non-hydrogen) atoms. The number of carbonyl (C=O) groups excluding carboxylic acids is 1. The van der Waals surface area contributed by atoms with Crippen LogP contribution in [0.5, 0.6) is 0 Å². The number of nitrogens with zero attached hydrogens (tertiary/aromatic N) is 2. The van der Waals surface area contributed by atoms with Crippen LogP contribution in [0.4, 0.5) is 0 Å². The predicted molar refractivity (Wildman–Crippen MR) is 123 cm³/mol. The molecule has 0 aliphatic carbocycles. The number of rotatable bonds is 7. The molecule has 2 aromatic heterocycles. The van der Waals surface area contributed by atoms with Crippen molar-refractivity contribution in [1.82, 2.24) is 9.55 Å². The van der Waals surface area contributed by atoms with Crippen LogP contribution in [0.2, 0.25) is 0 Å². The summed E-state index contributed by atoms with van der Waals surface area (Å²) in [5, 5.41) is 2.66. The number of fused-ring (bicyclic) bond motifs is 1. The molecular formula is C25H24N2O2S. The summed E-state index contributed by atoms with van der Waals surface area (Å²) in [6.07, 6.45) is 1.86. The van der Waals surface area contributed by atoms with E-state index >= 15 is 0 Å². The normalized spacial score (nSPS) is 11.1. The van der Waals surface area contributed by atoms with Gasteiger partial charge in [0.1, 0.15) is 16.4 Å². The Hall–Kier alpha value is -3.05. The van der Waals surface area contributed by atoms with Gasteiger partial charge in [-0.15, -0.1) is 11.3 Å². The smallest absolute Gasteiger partial charge is 0.262 e. The lowest BCUT2D eigenvalue weighted by Gasteiger charge is -2.13. The van der Waals surface area contributed by atoms with Gasteiger partial charge >= 0.3 is 0 Å². The quantitative estimate of drug-likeness (QED) is 0.413. The van der Waals surface area contributed by atoms with E-state index in [2.05, 4.69) is 31.2 Å². The summed E-state index contributed by atoms with van der Waals surface area (Å²) in [5.41, 5.74) is 4.22. The van der Waals surface area contributed by atoms with Crippen molar-refractivity contribution in [3.63, 3.8) is 0 Å². The number of benzene rings is 2. The van der Waals surface area contributed by atoms with E-state index in [0.29, 0.717) is 30.6 Å². The Morgan fingerprint density at radius 3 is 2.43 bits per heavy atom. The number of ketones is 1. The molecule has 0 radical (unpaired) electrons. The average molecular weight is 417 g/mol. The van der Waals surface area contributed by atoms with E-state index in [1.807, 2.05) is 35.7 Å². The molecule has 0 bridgehead atoms. The first kappa shape index (κ1) is 20.2. The van der Waals surface area contributed by atoms with E-state index in [0.717, 1.165) is 27.9 Å². The van der Waals surface area contributed by atoms with Gasteiger partial charge in [-0.25, -0.2) is 4.98 Å². The third-order valence-corrected chi connectivity index (χ3v) is 6.21. The van der Waals surface area contributed by atoms with Crippen molar-refractivity contribution in [1.29, 1.82) is 0 Å². The van der Waals surface area contributed by atoms with Gasteiger partial charge in [0.15, 0.2) is 0 Å². The third kappa shape index (κ3) is 4.12. The van der Waals surface area contributed by atoms with Crippen LogP contribution in [0.3, 0.4) is 0 Å². The molecule has 152 valence electrons. The van der Waals surface area contributed by atoms with Crippen LogP contribution < -0.4 is 5.56 Å². The first-order valence-corrected chi connectivity index (χ1v) is 11.1. The third-order valence-electron chi connectivity index (χ3n) is 5.34. The number of hydrogen-bond acceptors (Lipinski definition) is 4. The van der Waals surface area contributed by atoms with Crippen molar-refractivity contribution in [2.45, 2.75) is 39.7 Å². The molecule has 0 amide bonds. The van der Waals surface area contributed by atoms with Crippen LogP contribution in [0.1, 0.15) is 37.2 Å². The minimum atomic E-state index is -0.0667. The molecule has 4 rings (SSSR count). The number of thiophene rings is 1. The molecule has 2 heterocycles. The summed E-state index contributed by atoms with van der Waals surface area (Å²) in [5.74, 6) is 0.767. The Kier molecular flexibility index (Phi) is 5.91. The van der Waals surface area contributed by atoms with Gasteiger partial charge in [-0.1, -0.05) is 61.5 Å². The fourth-order valence-electron chi connectivity index (χ4n) is 3.61. The second-order valence-electron chi connectivity index (χ2n) is 7.48. The second-order valence-corrected chi connectivity index (χ2v) is 8.34. The van der Waals surface area contributed by atoms with Crippen LogP contribution >= 0.6 is 11.3 Å². The molecule has 4 aromatic rings. The molecule has 4 nitrogen and oxygen atoms in total. The van der Waals surface area contributed by atoms with Gasteiger partial charge in [0.25, 0.3) is 5.56 Å². The molecule has 0 saturated carbocycles. The summed E-state index contributed by atoms with van der Waals surface area (Å²) in [4.78, 5) is 30.8. The van der Waals surface area contributed by atoms with Crippen LogP contribution in [0.25, 0.3) is 21.3 Å². The van der Waals surface area contributed by atoms with Gasteiger partial charge in [-0.05, 0) is 30.0 Å². The maximum atomic E-state index is 13.5. The topological polar surface area (TPSA) is 52.0 Å². The van der Waals surface area contributed by atoms with Gasteiger partial charge in [-0.3, -0.25) is 14.2 Å². The van der Waals surface area contributed by atoms with Crippen molar-refractivity contribution in [3.05, 3.63) is 87.3 Å². The lowest BCUT2D eigenvalue weighted by Crippen LogP contribution is -2.26. The average Bonchev–Trinajstić information content (AvgIpc) is 3.18. The zero-order valence-corrected chi connectivity index (χ0v) is 18.0. The first-order valence-electron chi connectivity index (χ1n) is 10.2. The standard InChI is InChI=1S/C25H24N2O2S/c1-3-18-9-11-20(12-10-18)21-16-30-24-23(21)25(29)27(14-13-17(2)28)22(26-24)15-19-7-5-4-6-8-19/h4-12,16H,3,13-15H2,1-2H3. The Bertz CT molecular complexity index is 1240. The lowest BCUT2D eigenvalue weighted by molar-refractivity contribution is -0.117. The molecule has 0 N–H and O–H groups in total. The van der Waals surface area contributed by atoms with Crippen LogP contribution in [0, 0.1) is 0 Å². The summed E-state index contributed by atoms with van der Waals surface area (Å²) >= 11 is 1.50. The molecule has 0 spiro atoms. The van der Waals surface area contributed by atoms with Gasteiger partial charge in [0.2, 0.25) is 0 Å². The monoisotopic (exact) mass is 416 g/mol. The molecule has 0 aliphatic rings. The van der Waals surface area contributed by atoms with E-state index in [1.165, 1.54) is 16.9 Å². The van der Waals surface area contributed by atoms with Gasteiger partial charge < -0.3 is 0 Å². The van der Waals surface area contributed by atoms with Crippen molar-refractivity contribution >= 4 is 27.3 Å². The Labute approximate surface area is 179 Å². The Morgan fingerprint density at radius 1 is 1.03 bits per heavy atom. The summed E-state index contributed by atoms with van der Waals surface area (Å²) < 4.78 is 1.69. The zero-order valence-electron chi connectivity index (χ0n) is 17.2. The van der Waals surface area contributed by atoms with Crippen LogP contribution in [-0.4, -0.2) is 15.3 Å². The number of hydrogen-bond donors (Lipinski definition) is 0. The highest BCUT2D eigenvalue weighted by Crippen LogP contribution is 2.31. The van der Waals surface area contributed by atoms with Crippen molar-refractivity contribution in [2.75, 3.05) is 0 Å². The molecule has 0 unspecified atom stereocenters. The minimum absolute atomic E-state index is 0.0633. The minimum Gasteiger partial charge on any atom is -0.300 e. The molecule has 0 fully saturated rings. The maximum Gasteiger partial charge on any atom is 0.262 e. The summed E-state index contributed by atoms with van der Waals surface area (Å²) in [6, 6.07) is 18.3. The van der Waals surface area contributed by atoms with Crippen molar-refractivity contribution in [2.24, 2.45) is 0 Å². The predicted octanol–water partition coefficient (Wildman–Crippen LogP) is 5.26. The Morgan fingerprint density at radius 2 is 1.77 bits per heavy atom. The molecule has 2 aromatic carbocycles. The molecule has 0 saturated heterocycles. The van der Waals surface area contributed by atoms with Gasteiger partial charge in [0.05, 0.1) is 5.39 Å². The van der Waals surface area contributed by atoms with E-state index in [1.54, 1.807) is 11.5 Å². The zero-order chi connectivity index (χ0) is 21.1. The molecule has 5 heteroatoms. The SMILES string of the molecule is CCc1ccc(-c2csc3nc(Cc4ccccc4)n(CCC(C)=O)c(=O)c23)cc1. The number of aryl methyl sites for hydroxylation is 1. The lowest BCUT2D eigenvalue weighted by atomic mass is 10.0. The first-order chi connectivity index (χ1) is 14.6. The maximum absolute atomic E-state index is 13.5. The van der Waals surface area contributed by atoms with Crippen LogP contribution in [-0.2, 0) is 24.2 Å². The van der Waals surface area contributed by atoms with Gasteiger partial charge in [-0.2, -0.15) is 0 Å². The number of carbonyl (C=O) groups is 1. The highest BCUT2D eigenvalue weighted by atomic mass is 32.1. The largest absolute Gasteiger partial charge is 0.300 e. The van der Waals surface area contributed by atoms with E-state index in [-0.39, 0.29) is 11.3 Å². The highest BCUT2D eigenvalue weighted by Gasteiger charge is 2.17. The van der Waals surface area contributed by atoms with E-state index < -0.39 is 0 Å². The summed E-state index contributed by atoms with van der Waals surface area (Å²) in [6.45, 7) is 4.03. The Balaban J connectivity index is 1.85. The molecular weight excluding hydrogens is 392 g/mol. The second kappa shape index (κ2) is 8.76. The van der Waals surface area contributed by atoms with E-state index in [9.17, 15) is 9.59 Å². The molecule has 0 atom stereocenters. The number of Topliss-reactive ketones (excluding diaryl/α,β-unsaturated/α-hetero) is 1. The number of aromatic nitrogens is 2. The molecule has 0 aliphatic heterocycles. The fourth-order valence-corrected chi connectivity index (χ4v) is 4.57. The van der Waals surface area contributed by atoms with E-state index in [4.69, 9.17) is 4.98 Å².